The molecular formula is C11H17ClN2O4S. The maximum atomic E-state index is 12.4. The van der Waals surface area contributed by atoms with Crippen molar-refractivity contribution < 1.29 is 18.3 Å². The number of sulfonamides is 1. The fourth-order valence-electron chi connectivity index (χ4n) is 1.51. The minimum atomic E-state index is -3.81. The molecule has 0 unspecified atom stereocenters. The first-order chi connectivity index (χ1) is 8.93. The van der Waals surface area contributed by atoms with Crippen LogP contribution in [0.3, 0.4) is 0 Å². The van der Waals surface area contributed by atoms with Crippen LogP contribution in [0.25, 0.3) is 0 Å². The van der Waals surface area contributed by atoms with E-state index in [-0.39, 0.29) is 36.2 Å². The van der Waals surface area contributed by atoms with E-state index in [4.69, 9.17) is 27.2 Å². The maximum absolute atomic E-state index is 12.4. The van der Waals surface area contributed by atoms with Crippen molar-refractivity contribution in [3.8, 4) is 0 Å². The molecule has 0 atom stereocenters. The van der Waals surface area contributed by atoms with Gasteiger partial charge in [0, 0.05) is 25.9 Å². The summed E-state index contributed by atoms with van der Waals surface area (Å²) < 4.78 is 30.8. The largest absolute Gasteiger partial charge is 0.399 e. The molecular weight excluding hydrogens is 292 g/mol. The highest BCUT2D eigenvalue weighted by Crippen LogP contribution is 2.26. The van der Waals surface area contributed by atoms with Crippen molar-refractivity contribution in [3.63, 3.8) is 0 Å². The molecule has 1 aromatic carbocycles. The highest BCUT2D eigenvalue weighted by atomic mass is 35.5. The number of aliphatic hydroxyl groups excluding tert-OH is 1. The highest BCUT2D eigenvalue weighted by molar-refractivity contribution is 7.89. The van der Waals surface area contributed by atoms with Crippen molar-refractivity contribution in [2.24, 2.45) is 0 Å². The molecule has 0 amide bonds. The Balaban J connectivity index is 3.14. The molecule has 0 aliphatic carbocycles. The fourth-order valence-corrected chi connectivity index (χ4v) is 3.44. The normalized spacial score (nSPS) is 12.0. The monoisotopic (exact) mass is 308 g/mol. The molecule has 0 aliphatic heterocycles. The van der Waals surface area contributed by atoms with Crippen molar-refractivity contribution >= 4 is 27.3 Å². The van der Waals surface area contributed by atoms with E-state index in [2.05, 4.69) is 0 Å². The van der Waals surface area contributed by atoms with E-state index >= 15 is 0 Å². The number of anilines is 1. The van der Waals surface area contributed by atoms with Gasteiger partial charge in [-0.2, -0.15) is 4.31 Å². The van der Waals surface area contributed by atoms with Gasteiger partial charge in [-0.25, -0.2) is 8.42 Å². The standard InChI is InChI=1S/C11H17ClN2O4S/c1-18-7-5-14(4-6-15)19(16,17)11-8-9(13)2-3-10(11)12/h2-3,8,15H,4-7,13H2,1H3. The van der Waals surface area contributed by atoms with E-state index in [9.17, 15) is 8.42 Å². The summed E-state index contributed by atoms with van der Waals surface area (Å²) >= 11 is 5.90. The number of halogens is 1. The lowest BCUT2D eigenvalue weighted by Gasteiger charge is -2.21. The number of aliphatic hydroxyl groups is 1. The molecule has 3 N–H and O–H groups in total. The number of rotatable bonds is 7. The summed E-state index contributed by atoms with van der Waals surface area (Å²) in [6.07, 6.45) is 0. The van der Waals surface area contributed by atoms with Crippen LogP contribution in [0, 0.1) is 0 Å². The van der Waals surface area contributed by atoms with Gasteiger partial charge in [-0.05, 0) is 18.2 Å². The van der Waals surface area contributed by atoms with Crippen molar-refractivity contribution in [3.05, 3.63) is 23.2 Å². The summed E-state index contributed by atoms with van der Waals surface area (Å²) in [5, 5.41) is 9.06. The van der Waals surface area contributed by atoms with Crippen LogP contribution in [0.4, 0.5) is 5.69 Å². The molecule has 0 heterocycles. The minimum Gasteiger partial charge on any atom is -0.399 e. The number of nitrogens with two attached hydrogens (primary N) is 1. The van der Waals surface area contributed by atoms with Gasteiger partial charge in [-0.3, -0.25) is 0 Å². The van der Waals surface area contributed by atoms with Gasteiger partial charge in [0.15, 0.2) is 0 Å². The number of ether oxygens (including phenoxy) is 1. The predicted molar refractivity (Wildman–Crippen MR) is 73.6 cm³/mol. The predicted octanol–water partition coefficient (Wildman–Crippen LogP) is 0.552. The van der Waals surface area contributed by atoms with Crippen LogP contribution in [0.1, 0.15) is 0 Å². The van der Waals surface area contributed by atoms with Crippen molar-refractivity contribution in [2.45, 2.75) is 4.90 Å². The van der Waals surface area contributed by atoms with E-state index in [1.807, 2.05) is 0 Å². The average Bonchev–Trinajstić information content (AvgIpc) is 2.37. The second-order valence-electron chi connectivity index (χ2n) is 3.81. The van der Waals surface area contributed by atoms with Crippen molar-refractivity contribution in [1.82, 2.24) is 4.31 Å². The number of methoxy groups -OCH3 is 1. The van der Waals surface area contributed by atoms with E-state index in [1.165, 1.54) is 25.3 Å². The second-order valence-corrected chi connectivity index (χ2v) is 6.12. The molecule has 1 aromatic rings. The Labute approximate surface area is 117 Å². The Bertz CT molecular complexity index is 521. The Hall–Kier alpha value is -0.860. The van der Waals surface area contributed by atoms with Gasteiger partial charge in [0.1, 0.15) is 4.90 Å². The molecule has 108 valence electrons. The maximum Gasteiger partial charge on any atom is 0.244 e. The Kier molecular flexibility index (Phi) is 6.02. The fraction of sp³-hybridized carbons (Fsp3) is 0.455. The van der Waals surface area contributed by atoms with Gasteiger partial charge in [0.25, 0.3) is 0 Å². The summed E-state index contributed by atoms with van der Waals surface area (Å²) in [6.45, 7) is 0.0311. The third-order valence-electron chi connectivity index (χ3n) is 2.47. The zero-order valence-electron chi connectivity index (χ0n) is 10.5. The number of benzene rings is 1. The Morgan fingerprint density at radius 3 is 2.68 bits per heavy atom. The summed E-state index contributed by atoms with van der Waals surface area (Å²) in [5.74, 6) is 0. The van der Waals surface area contributed by atoms with Gasteiger partial charge in [0.05, 0.1) is 18.2 Å². The number of hydrogen-bond donors (Lipinski definition) is 2. The molecule has 1 rings (SSSR count). The van der Waals surface area contributed by atoms with Gasteiger partial charge >= 0.3 is 0 Å². The molecule has 0 saturated carbocycles. The van der Waals surface area contributed by atoms with Crippen molar-refractivity contribution in [2.75, 3.05) is 39.1 Å². The van der Waals surface area contributed by atoms with E-state index < -0.39 is 10.0 Å². The molecule has 8 heteroatoms. The van der Waals surface area contributed by atoms with Crippen LogP contribution in [0.5, 0.6) is 0 Å². The molecule has 0 spiro atoms. The Morgan fingerprint density at radius 2 is 2.11 bits per heavy atom. The van der Waals surface area contributed by atoms with Crippen LogP contribution in [0.15, 0.2) is 23.1 Å². The summed E-state index contributed by atoms with van der Waals surface area (Å²) in [7, 11) is -2.34. The van der Waals surface area contributed by atoms with Gasteiger partial charge in [0.2, 0.25) is 10.0 Å². The Morgan fingerprint density at radius 1 is 1.42 bits per heavy atom. The zero-order valence-corrected chi connectivity index (χ0v) is 12.1. The van der Waals surface area contributed by atoms with E-state index in [0.717, 1.165) is 4.31 Å². The summed E-state index contributed by atoms with van der Waals surface area (Å²) in [6, 6.07) is 4.25. The SMILES string of the molecule is COCCN(CCO)S(=O)(=O)c1cc(N)ccc1Cl. The minimum absolute atomic E-state index is 0.0309. The molecule has 6 nitrogen and oxygen atoms in total. The van der Waals surface area contributed by atoms with Gasteiger partial charge in [-0.1, -0.05) is 11.6 Å². The molecule has 0 fully saturated rings. The first-order valence-corrected chi connectivity index (χ1v) is 7.40. The first-order valence-electron chi connectivity index (χ1n) is 5.58. The number of nitrogens with zero attached hydrogens (tertiary/aromatic N) is 1. The average molecular weight is 309 g/mol. The van der Waals surface area contributed by atoms with Crippen LogP contribution < -0.4 is 5.73 Å². The smallest absolute Gasteiger partial charge is 0.244 e. The van der Waals surface area contributed by atoms with Crippen LogP contribution in [-0.4, -0.2) is 51.2 Å². The zero-order chi connectivity index (χ0) is 14.5. The lowest BCUT2D eigenvalue weighted by Crippen LogP contribution is -2.36. The molecule has 0 aliphatic rings. The summed E-state index contributed by atoms with van der Waals surface area (Å²) in [5.41, 5.74) is 5.89. The lowest BCUT2D eigenvalue weighted by molar-refractivity contribution is 0.168. The molecule has 0 saturated heterocycles. The molecule has 0 aromatic heterocycles. The summed E-state index contributed by atoms with van der Waals surface area (Å²) in [4.78, 5) is -0.0706. The van der Waals surface area contributed by atoms with Gasteiger partial charge in [-0.15, -0.1) is 0 Å². The highest BCUT2D eigenvalue weighted by Gasteiger charge is 2.26. The first kappa shape index (κ1) is 16.2. The molecule has 19 heavy (non-hydrogen) atoms. The lowest BCUT2D eigenvalue weighted by atomic mass is 10.3. The van der Waals surface area contributed by atoms with Crippen LogP contribution >= 0.6 is 11.6 Å². The van der Waals surface area contributed by atoms with Crippen LogP contribution in [-0.2, 0) is 14.8 Å². The quantitative estimate of drug-likeness (QED) is 0.718. The van der Waals surface area contributed by atoms with E-state index in [1.54, 1.807) is 0 Å². The third kappa shape index (κ3) is 4.05. The number of hydrogen-bond acceptors (Lipinski definition) is 5. The van der Waals surface area contributed by atoms with Crippen molar-refractivity contribution in [1.29, 1.82) is 0 Å². The van der Waals surface area contributed by atoms with E-state index in [0.29, 0.717) is 5.69 Å². The number of nitrogen functional groups attached to an aromatic ring is 1. The van der Waals surface area contributed by atoms with Gasteiger partial charge < -0.3 is 15.6 Å². The molecule has 0 bridgehead atoms. The topological polar surface area (TPSA) is 92.9 Å². The molecule has 0 radical (unpaired) electrons. The van der Waals surface area contributed by atoms with Crippen LogP contribution in [0.2, 0.25) is 5.02 Å². The second kappa shape index (κ2) is 7.06. The third-order valence-corrected chi connectivity index (χ3v) is 4.85.